The van der Waals surface area contributed by atoms with E-state index in [0.717, 1.165) is 29.8 Å². The molecule has 3 nitrogen and oxygen atoms in total. The number of hydrogen-bond acceptors (Lipinski definition) is 2. The Bertz CT molecular complexity index is 631. The highest BCUT2D eigenvalue weighted by molar-refractivity contribution is 9.10. The molecule has 2 aromatic rings. The molecule has 19 heavy (non-hydrogen) atoms. The molecule has 0 fully saturated rings. The molecule has 2 N–H and O–H groups in total. The van der Waals surface area contributed by atoms with E-state index >= 15 is 0 Å². The number of benzene rings is 1. The summed E-state index contributed by atoms with van der Waals surface area (Å²) < 4.78 is 3.10. The number of halogens is 1. The number of nitrogens with two attached hydrogens (primary N) is 1. The Morgan fingerprint density at radius 2 is 2.11 bits per heavy atom. The molecule has 1 aliphatic heterocycles. The van der Waals surface area contributed by atoms with Crippen molar-refractivity contribution >= 4 is 15.9 Å². The van der Waals surface area contributed by atoms with Crippen LogP contribution in [0, 0.1) is 13.8 Å². The summed E-state index contributed by atoms with van der Waals surface area (Å²) >= 11 is 3.56. The van der Waals surface area contributed by atoms with Crippen LogP contribution in [0.5, 0.6) is 0 Å². The first-order chi connectivity index (χ1) is 9.06. The highest BCUT2D eigenvalue weighted by Gasteiger charge is 2.23. The van der Waals surface area contributed by atoms with E-state index in [2.05, 4.69) is 52.5 Å². The minimum atomic E-state index is 0.241. The summed E-state index contributed by atoms with van der Waals surface area (Å²) in [4.78, 5) is 4.69. The van der Waals surface area contributed by atoms with Crippen molar-refractivity contribution in [2.45, 2.75) is 39.3 Å². The van der Waals surface area contributed by atoms with Crippen LogP contribution >= 0.6 is 15.9 Å². The van der Waals surface area contributed by atoms with E-state index in [-0.39, 0.29) is 6.04 Å². The maximum atomic E-state index is 6.04. The van der Waals surface area contributed by atoms with Crippen molar-refractivity contribution in [3.63, 3.8) is 0 Å². The molecule has 0 spiro atoms. The molecule has 0 amide bonds. The second-order valence-corrected chi connectivity index (χ2v) is 6.09. The molecule has 0 radical (unpaired) electrons. The fourth-order valence-corrected chi connectivity index (χ4v) is 3.20. The molecule has 100 valence electrons. The summed E-state index contributed by atoms with van der Waals surface area (Å²) in [6.07, 6.45) is 2.04. The van der Waals surface area contributed by atoms with Gasteiger partial charge in [0.05, 0.1) is 5.69 Å². The number of hydrogen-bond donors (Lipinski definition) is 1. The van der Waals surface area contributed by atoms with Crippen LogP contribution in [0.25, 0.3) is 11.3 Å². The molecule has 2 heterocycles. The van der Waals surface area contributed by atoms with Gasteiger partial charge >= 0.3 is 0 Å². The van der Waals surface area contributed by atoms with E-state index in [9.17, 15) is 0 Å². The number of rotatable bonds is 1. The predicted molar refractivity (Wildman–Crippen MR) is 81.1 cm³/mol. The van der Waals surface area contributed by atoms with Crippen LogP contribution in [0.4, 0.5) is 0 Å². The third-order valence-electron chi connectivity index (χ3n) is 3.98. The van der Waals surface area contributed by atoms with E-state index < -0.39 is 0 Å². The van der Waals surface area contributed by atoms with Gasteiger partial charge in [-0.1, -0.05) is 12.1 Å². The van der Waals surface area contributed by atoms with E-state index in [4.69, 9.17) is 10.7 Å². The standard InChI is InChI=1S/C15H18BrN3/c1-9-3-4-11(7-10(9)2)14-13-6-5-12(17)8-19(13)15(16)18-14/h3-4,7,12H,5-6,8,17H2,1-2H3. The second-order valence-electron chi connectivity index (χ2n) is 5.38. The number of imidazole rings is 1. The van der Waals surface area contributed by atoms with Gasteiger partial charge in [-0.15, -0.1) is 0 Å². The highest BCUT2D eigenvalue weighted by Crippen LogP contribution is 2.31. The zero-order valence-electron chi connectivity index (χ0n) is 11.3. The average Bonchev–Trinajstić information content (AvgIpc) is 2.70. The highest BCUT2D eigenvalue weighted by atomic mass is 79.9. The average molecular weight is 320 g/mol. The predicted octanol–water partition coefficient (Wildman–Crippen LogP) is 3.20. The Morgan fingerprint density at radius 3 is 2.84 bits per heavy atom. The molecule has 4 heteroatoms. The third-order valence-corrected chi connectivity index (χ3v) is 4.58. The number of aryl methyl sites for hydroxylation is 2. The van der Waals surface area contributed by atoms with Crippen molar-refractivity contribution < 1.29 is 0 Å². The van der Waals surface area contributed by atoms with E-state index in [0.29, 0.717) is 0 Å². The first-order valence-corrected chi connectivity index (χ1v) is 7.43. The summed E-state index contributed by atoms with van der Waals surface area (Å²) in [5, 5.41) is 0. The summed E-state index contributed by atoms with van der Waals surface area (Å²) in [6, 6.07) is 6.79. The van der Waals surface area contributed by atoms with Gasteiger partial charge in [0.25, 0.3) is 0 Å². The van der Waals surface area contributed by atoms with Crippen molar-refractivity contribution in [1.29, 1.82) is 0 Å². The summed E-state index contributed by atoms with van der Waals surface area (Å²) in [7, 11) is 0. The number of aromatic nitrogens is 2. The monoisotopic (exact) mass is 319 g/mol. The lowest BCUT2D eigenvalue weighted by atomic mass is 9.99. The lowest BCUT2D eigenvalue weighted by Gasteiger charge is -2.22. The molecule has 1 aromatic carbocycles. The van der Waals surface area contributed by atoms with E-state index in [1.807, 2.05) is 0 Å². The smallest absolute Gasteiger partial charge is 0.177 e. The second kappa shape index (κ2) is 4.76. The van der Waals surface area contributed by atoms with Gasteiger partial charge < -0.3 is 10.3 Å². The Balaban J connectivity index is 2.11. The van der Waals surface area contributed by atoms with Gasteiger partial charge in [0.1, 0.15) is 0 Å². The van der Waals surface area contributed by atoms with Crippen LogP contribution in [0.2, 0.25) is 0 Å². The zero-order chi connectivity index (χ0) is 13.6. The van der Waals surface area contributed by atoms with Crippen molar-refractivity contribution in [2.75, 3.05) is 0 Å². The molecule has 1 aliphatic rings. The maximum absolute atomic E-state index is 6.04. The molecule has 0 aliphatic carbocycles. The SMILES string of the molecule is Cc1ccc(-c2nc(Br)n3c2CCC(N)C3)cc1C. The van der Waals surface area contributed by atoms with Crippen LogP contribution in [-0.2, 0) is 13.0 Å². The molecule has 0 bridgehead atoms. The summed E-state index contributed by atoms with van der Waals surface area (Å²) in [5.41, 5.74) is 12.3. The molecular formula is C15H18BrN3. The Kier molecular flexibility index (Phi) is 3.23. The first kappa shape index (κ1) is 12.9. The molecule has 0 saturated heterocycles. The fraction of sp³-hybridized carbons (Fsp3) is 0.400. The zero-order valence-corrected chi connectivity index (χ0v) is 12.9. The summed E-state index contributed by atoms with van der Waals surface area (Å²) in [6.45, 7) is 5.14. The molecular weight excluding hydrogens is 302 g/mol. The van der Waals surface area contributed by atoms with E-state index in [1.54, 1.807) is 0 Å². The lowest BCUT2D eigenvalue weighted by molar-refractivity contribution is 0.455. The molecule has 1 unspecified atom stereocenters. The maximum Gasteiger partial charge on any atom is 0.177 e. The normalized spacial score (nSPS) is 18.4. The quantitative estimate of drug-likeness (QED) is 0.877. The van der Waals surface area contributed by atoms with Crippen molar-refractivity contribution in [3.05, 3.63) is 39.8 Å². The largest absolute Gasteiger partial charge is 0.326 e. The van der Waals surface area contributed by atoms with Gasteiger partial charge in [0, 0.05) is 23.8 Å². The number of nitrogens with zero attached hydrogens (tertiary/aromatic N) is 2. The van der Waals surface area contributed by atoms with Gasteiger partial charge in [-0.05, 0) is 59.8 Å². The van der Waals surface area contributed by atoms with Gasteiger partial charge in [-0.25, -0.2) is 4.98 Å². The molecule has 1 atom stereocenters. The lowest BCUT2D eigenvalue weighted by Crippen LogP contribution is -2.31. The van der Waals surface area contributed by atoms with Crippen LogP contribution in [-0.4, -0.2) is 15.6 Å². The van der Waals surface area contributed by atoms with Gasteiger partial charge in [-0.3, -0.25) is 0 Å². The minimum Gasteiger partial charge on any atom is -0.326 e. The van der Waals surface area contributed by atoms with Crippen LogP contribution in [0.1, 0.15) is 23.2 Å². The van der Waals surface area contributed by atoms with Gasteiger partial charge in [0.15, 0.2) is 4.73 Å². The Morgan fingerprint density at radius 1 is 1.32 bits per heavy atom. The van der Waals surface area contributed by atoms with Crippen molar-refractivity contribution in [1.82, 2.24) is 9.55 Å². The van der Waals surface area contributed by atoms with Crippen LogP contribution < -0.4 is 5.73 Å². The first-order valence-electron chi connectivity index (χ1n) is 6.64. The Hall–Kier alpha value is -1.13. The minimum absolute atomic E-state index is 0.241. The molecule has 3 rings (SSSR count). The number of fused-ring (bicyclic) bond motifs is 1. The topological polar surface area (TPSA) is 43.8 Å². The van der Waals surface area contributed by atoms with Gasteiger partial charge in [0.2, 0.25) is 0 Å². The molecule has 1 aromatic heterocycles. The Labute approximate surface area is 122 Å². The van der Waals surface area contributed by atoms with Crippen molar-refractivity contribution in [2.24, 2.45) is 5.73 Å². The van der Waals surface area contributed by atoms with Crippen LogP contribution in [0.3, 0.4) is 0 Å². The fourth-order valence-electron chi connectivity index (χ4n) is 2.66. The van der Waals surface area contributed by atoms with Crippen LogP contribution in [0.15, 0.2) is 22.9 Å². The van der Waals surface area contributed by atoms with Crippen molar-refractivity contribution in [3.8, 4) is 11.3 Å². The van der Waals surface area contributed by atoms with E-state index in [1.165, 1.54) is 22.4 Å². The molecule has 0 saturated carbocycles. The van der Waals surface area contributed by atoms with Gasteiger partial charge in [-0.2, -0.15) is 0 Å². The third kappa shape index (κ3) is 2.23. The summed E-state index contributed by atoms with van der Waals surface area (Å²) in [5.74, 6) is 0.